The van der Waals surface area contributed by atoms with Crippen LogP contribution in [0.1, 0.15) is 31.2 Å². The molecule has 3 rings (SSSR count). The van der Waals surface area contributed by atoms with Gasteiger partial charge in [0, 0.05) is 6.61 Å². The van der Waals surface area contributed by atoms with Crippen LogP contribution in [0.15, 0.2) is 6.20 Å². The molecule has 0 bridgehead atoms. The van der Waals surface area contributed by atoms with E-state index in [-0.39, 0.29) is 12.0 Å². The predicted octanol–water partition coefficient (Wildman–Crippen LogP) is 3.18. The molecule has 0 spiro atoms. The molecule has 0 aliphatic carbocycles. The van der Waals surface area contributed by atoms with E-state index in [1.165, 1.54) is 6.20 Å². The van der Waals surface area contributed by atoms with Crippen molar-refractivity contribution in [1.29, 1.82) is 0 Å². The Balaban J connectivity index is 2.16. The van der Waals surface area contributed by atoms with Crippen LogP contribution >= 0.6 is 22.6 Å². The molecule has 3 heterocycles. The van der Waals surface area contributed by atoms with Crippen LogP contribution in [0.2, 0.25) is 0 Å². The largest absolute Gasteiger partial charge is 0.356 e. The minimum atomic E-state index is -0.296. The number of ether oxygens (including phenoxy) is 1. The monoisotopic (exact) mass is 361 g/mol. The molecule has 0 aromatic carbocycles. The molecule has 0 saturated carbocycles. The lowest BCUT2D eigenvalue weighted by molar-refractivity contribution is -0.0371. The Labute approximate surface area is 118 Å². The molecule has 2 aromatic rings. The van der Waals surface area contributed by atoms with Crippen LogP contribution in [0, 0.1) is 16.3 Å². The van der Waals surface area contributed by atoms with E-state index in [1.807, 2.05) is 29.5 Å². The summed E-state index contributed by atoms with van der Waals surface area (Å²) in [5.41, 5.74) is 1.51. The van der Waals surface area contributed by atoms with E-state index in [1.54, 1.807) is 4.68 Å². The van der Waals surface area contributed by atoms with E-state index in [0.717, 1.165) is 36.9 Å². The van der Waals surface area contributed by atoms with Gasteiger partial charge >= 0.3 is 0 Å². The van der Waals surface area contributed by atoms with Gasteiger partial charge in [0.2, 0.25) is 0 Å². The van der Waals surface area contributed by atoms with Crippen molar-refractivity contribution in [3.63, 3.8) is 0 Å². The molecule has 2 aromatic heterocycles. The summed E-state index contributed by atoms with van der Waals surface area (Å²) < 4.78 is 21.6. The Morgan fingerprint density at radius 2 is 2.33 bits per heavy atom. The number of hydrogen-bond acceptors (Lipinski definition) is 3. The molecule has 18 heavy (non-hydrogen) atoms. The first kappa shape index (κ1) is 12.3. The van der Waals surface area contributed by atoms with Crippen LogP contribution in [-0.2, 0) is 4.74 Å². The molecule has 0 amide bonds. The van der Waals surface area contributed by atoms with Gasteiger partial charge in [0.05, 0.1) is 20.8 Å². The highest BCUT2D eigenvalue weighted by molar-refractivity contribution is 14.1. The Hall–Kier alpha value is -0.760. The molecular weight excluding hydrogens is 348 g/mol. The third kappa shape index (κ3) is 1.91. The topological polar surface area (TPSA) is 39.9 Å². The Morgan fingerprint density at radius 1 is 1.50 bits per heavy atom. The van der Waals surface area contributed by atoms with Crippen molar-refractivity contribution in [2.45, 2.75) is 32.4 Å². The second-order valence-electron chi connectivity index (χ2n) is 4.47. The molecule has 1 aliphatic heterocycles. The highest BCUT2D eigenvalue weighted by atomic mass is 127. The van der Waals surface area contributed by atoms with Gasteiger partial charge in [0.15, 0.2) is 17.7 Å². The van der Waals surface area contributed by atoms with Gasteiger partial charge in [0.25, 0.3) is 0 Å². The summed E-state index contributed by atoms with van der Waals surface area (Å²) >= 11 is 2.00. The van der Waals surface area contributed by atoms with Crippen molar-refractivity contribution >= 4 is 33.6 Å². The molecule has 6 heteroatoms. The quantitative estimate of drug-likeness (QED) is 0.733. The second kappa shape index (κ2) is 4.73. The summed E-state index contributed by atoms with van der Waals surface area (Å²) in [6, 6.07) is 0. The summed E-state index contributed by atoms with van der Waals surface area (Å²) in [4.78, 5) is 4.18. The standard InChI is InChI=1S/C12H13FIN3O/c1-7-10-11(14)8(13)6-15-12(10)17(16-7)9-4-2-3-5-18-9/h6,9H,2-5H2,1H3. The summed E-state index contributed by atoms with van der Waals surface area (Å²) in [6.07, 6.45) is 4.34. The average Bonchev–Trinajstić information content (AvgIpc) is 2.73. The number of aryl methyl sites for hydroxylation is 1. The van der Waals surface area contributed by atoms with E-state index < -0.39 is 0 Å². The van der Waals surface area contributed by atoms with Gasteiger partial charge in [-0.15, -0.1) is 0 Å². The summed E-state index contributed by atoms with van der Waals surface area (Å²) in [5, 5.41) is 5.27. The van der Waals surface area contributed by atoms with E-state index in [9.17, 15) is 4.39 Å². The van der Waals surface area contributed by atoms with Crippen molar-refractivity contribution < 1.29 is 9.13 Å². The molecule has 0 radical (unpaired) electrons. The average molecular weight is 361 g/mol. The zero-order valence-corrected chi connectivity index (χ0v) is 12.1. The highest BCUT2D eigenvalue weighted by Crippen LogP contribution is 2.29. The van der Waals surface area contributed by atoms with E-state index in [4.69, 9.17) is 4.74 Å². The summed E-state index contributed by atoms with van der Waals surface area (Å²) in [7, 11) is 0. The number of rotatable bonds is 1. The summed E-state index contributed by atoms with van der Waals surface area (Å²) in [6.45, 7) is 2.63. The fourth-order valence-electron chi connectivity index (χ4n) is 2.33. The number of aromatic nitrogens is 3. The lowest BCUT2D eigenvalue weighted by Crippen LogP contribution is -2.19. The van der Waals surface area contributed by atoms with Crippen molar-refractivity contribution in [2.75, 3.05) is 6.61 Å². The molecule has 1 aliphatic rings. The maximum atomic E-state index is 13.5. The molecular formula is C12H13FIN3O. The van der Waals surface area contributed by atoms with Crippen LogP contribution in [0.5, 0.6) is 0 Å². The van der Waals surface area contributed by atoms with Crippen LogP contribution in [0.4, 0.5) is 4.39 Å². The fraction of sp³-hybridized carbons (Fsp3) is 0.500. The van der Waals surface area contributed by atoms with Gasteiger partial charge in [-0.05, 0) is 48.8 Å². The van der Waals surface area contributed by atoms with Crippen LogP contribution in [0.25, 0.3) is 11.0 Å². The number of nitrogens with zero attached hydrogens (tertiary/aromatic N) is 3. The number of hydrogen-bond donors (Lipinski definition) is 0. The molecule has 4 nitrogen and oxygen atoms in total. The number of pyridine rings is 1. The Kier molecular flexibility index (Phi) is 3.23. The van der Waals surface area contributed by atoms with Gasteiger partial charge in [-0.25, -0.2) is 14.1 Å². The molecule has 1 fully saturated rings. The van der Waals surface area contributed by atoms with Crippen molar-refractivity contribution in [3.05, 3.63) is 21.3 Å². The SMILES string of the molecule is Cc1nn(C2CCCCO2)c2ncc(F)c(I)c12. The van der Waals surface area contributed by atoms with Crippen molar-refractivity contribution in [3.8, 4) is 0 Å². The van der Waals surface area contributed by atoms with Gasteiger partial charge in [-0.2, -0.15) is 5.10 Å². The number of fused-ring (bicyclic) bond motifs is 1. The summed E-state index contributed by atoms with van der Waals surface area (Å²) in [5.74, 6) is -0.296. The maximum Gasteiger partial charge on any atom is 0.162 e. The normalized spacial score (nSPS) is 20.5. The Bertz CT molecular complexity index is 593. The van der Waals surface area contributed by atoms with E-state index >= 15 is 0 Å². The Morgan fingerprint density at radius 3 is 3.06 bits per heavy atom. The first-order valence-electron chi connectivity index (χ1n) is 5.99. The van der Waals surface area contributed by atoms with Crippen molar-refractivity contribution in [1.82, 2.24) is 14.8 Å². The van der Waals surface area contributed by atoms with Crippen LogP contribution in [-0.4, -0.2) is 21.4 Å². The molecule has 0 N–H and O–H groups in total. The lowest BCUT2D eigenvalue weighted by atomic mass is 10.2. The third-order valence-corrected chi connectivity index (χ3v) is 4.27. The smallest absolute Gasteiger partial charge is 0.162 e. The molecule has 1 unspecified atom stereocenters. The van der Waals surface area contributed by atoms with Crippen LogP contribution in [0.3, 0.4) is 0 Å². The maximum absolute atomic E-state index is 13.5. The highest BCUT2D eigenvalue weighted by Gasteiger charge is 2.22. The van der Waals surface area contributed by atoms with Crippen molar-refractivity contribution in [2.24, 2.45) is 0 Å². The third-order valence-electron chi connectivity index (χ3n) is 3.22. The molecule has 1 atom stereocenters. The van der Waals surface area contributed by atoms with Gasteiger partial charge in [-0.3, -0.25) is 0 Å². The van der Waals surface area contributed by atoms with Crippen LogP contribution < -0.4 is 0 Å². The first-order chi connectivity index (χ1) is 8.68. The van der Waals surface area contributed by atoms with Gasteiger partial charge < -0.3 is 4.74 Å². The lowest BCUT2D eigenvalue weighted by Gasteiger charge is -2.23. The molecule has 96 valence electrons. The fourth-order valence-corrected chi connectivity index (χ4v) is 3.10. The van der Waals surface area contributed by atoms with Gasteiger partial charge in [-0.1, -0.05) is 0 Å². The van der Waals surface area contributed by atoms with Gasteiger partial charge in [0.1, 0.15) is 0 Å². The van der Waals surface area contributed by atoms with E-state index in [2.05, 4.69) is 10.1 Å². The predicted molar refractivity (Wildman–Crippen MR) is 73.8 cm³/mol. The zero-order valence-electron chi connectivity index (χ0n) is 9.99. The zero-order chi connectivity index (χ0) is 12.7. The minimum absolute atomic E-state index is 0.0660. The number of halogens is 2. The molecule has 1 saturated heterocycles. The van der Waals surface area contributed by atoms with E-state index in [0.29, 0.717) is 9.22 Å². The minimum Gasteiger partial charge on any atom is -0.356 e. The second-order valence-corrected chi connectivity index (χ2v) is 5.55. The first-order valence-corrected chi connectivity index (χ1v) is 7.07.